The van der Waals surface area contributed by atoms with E-state index >= 15 is 0 Å². The summed E-state index contributed by atoms with van der Waals surface area (Å²) >= 11 is 5.90. The first-order valence-corrected chi connectivity index (χ1v) is 10.4. The molecule has 2 aromatic carbocycles. The number of amides is 1. The second-order valence-electron chi connectivity index (χ2n) is 7.58. The normalized spacial score (nSPS) is 12.8. The molecule has 0 saturated heterocycles. The molecule has 31 heavy (non-hydrogen) atoms. The molecule has 0 saturated carbocycles. The molecule has 0 atom stereocenters. The molecule has 0 bridgehead atoms. The minimum atomic E-state index is -0.0757. The molecule has 0 radical (unpaired) electrons. The van der Waals surface area contributed by atoms with Crippen molar-refractivity contribution in [3.8, 4) is 17.3 Å². The molecular formula is C24H21ClN4O2. The van der Waals surface area contributed by atoms with E-state index in [9.17, 15) is 4.79 Å². The highest BCUT2D eigenvalue weighted by Crippen LogP contribution is 2.30. The molecule has 6 nitrogen and oxygen atoms in total. The summed E-state index contributed by atoms with van der Waals surface area (Å²) in [6.45, 7) is 3.00. The van der Waals surface area contributed by atoms with E-state index in [2.05, 4.69) is 31.2 Å². The fourth-order valence-corrected chi connectivity index (χ4v) is 3.88. The number of carbonyl (C=O) groups is 1. The summed E-state index contributed by atoms with van der Waals surface area (Å²) < 4.78 is 9.64. The number of hydrogen-bond acceptors (Lipinski definition) is 3. The third-order valence-corrected chi connectivity index (χ3v) is 5.64. The largest absolute Gasteiger partial charge is 0.484 e. The Kier molecular flexibility index (Phi) is 5.00. The van der Waals surface area contributed by atoms with Crippen molar-refractivity contribution >= 4 is 17.5 Å². The highest BCUT2D eigenvalue weighted by molar-refractivity contribution is 6.30. The Balaban J connectivity index is 1.38. The molecule has 2 aromatic heterocycles. The first kappa shape index (κ1) is 19.5. The molecule has 156 valence electrons. The van der Waals surface area contributed by atoms with Crippen LogP contribution in [-0.4, -0.2) is 31.8 Å². The number of rotatable bonds is 5. The fraction of sp³-hybridized carbons (Fsp3) is 0.167. The first-order valence-electron chi connectivity index (χ1n) is 10.1. The lowest BCUT2D eigenvalue weighted by molar-refractivity contribution is -0.134. The summed E-state index contributed by atoms with van der Waals surface area (Å²) in [5.41, 5.74) is 4.15. The van der Waals surface area contributed by atoms with Gasteiger partial charge in [0.2, 0.25) is 0 Å². The second-order valence-corrected chi connectivity index (χ2v) is 8.02. The molecule has 0 unspecified atom stereocenters. The molecule has 3 heterocycles. The Morgan fingerprint density at radius 2 is 1.74 bits per heavy atom. The van der Waals surface area contributed by atoms with E-state index in [1.54, 1.807) is 29.2 Å². The molecule has 7 heteroatoms. The quantitative estimate of drug-likeness (QED) is 0.465. The maximum Gasteiger partial charge on any atom is 0.261 e. The average Bonchev–Trinajstić information content (AvgIpc) is 3.50. The van der Waals surface area contributed by atoms with Gasteiger partial charge in [-0.05, 0) is 55.5 Å². The van der Waals surface area contributed by atoms with Crippen molar-refractivity contribution in [3.63, 3.8) is 0 Å². The number of fused-ring (bicyclic) bond motifs is 1. The highest BCUT2D eigenvalue weighted by Gasteiger charge is 2.31. The monoisotopic (exact) mass is 432 g/mol. The van der Waals surface area contributed by atoms with E-state index in [4.69, 9.17) is 21.4 Å². The maximum absolute atomic E-state index is 12.8. The Bertz CT molecular complexity index is 1210. The number of ether oxygens (including phenoxy) is 1. The van der Waals surface area contributed by atoms with E-state index in [0.29, 0.717) is 23.9 Å². The van der Waals surface area contributed by atoms with Gasteiger partial charge in [0, 0.05) is 23.0 Å². The minimum Gasteiger partial charge on any atom is -0.484 e. The van der Waals surface area contributed by atoms with Gasteiger partial charge in [-0.2, -0.15) is 5.10 Å². The van der Waals surface area contributed by atoms with Gasteiger partial charge in [0.05, 0.1) is 24.5 Å². The zero-order valence-corrected chi connectivity index (χ0v) is 17.8. The standard InChI is InChI=1S/C24H21ClN4O2/c1-17-4-8-19(9-5-17)29-24(27-12-2-3-13-27)21-14-28(15-22(21)26-29)23(30)16-31-20-10-6-18(25)7-11-20/h2-13H,14-16H2,1H3. The van der Waals surface area contributed by atoms with Crippen molar-refractivity contribution in [1.82, 2.24) is 19.2 Å². The summed E-state index contributed by atoms with van der Waals surface area (Å²) in [6.07, 6.45) is 3.99. The molecule has 1 aliphatic rings. The zero-order chi connectivity index (χ0) is 21.4. The topological polar surface area (TPSA) is 52.3 Å². The van der Waals surface area contributed by atoms with Gasteiger partial charge in [-0.25, -0.2) is 4.68 Å². The zero-order valence-electron chi connectivity index (χ0n) is 17.0. The lowest BCUT2D eigenvalue weighted by Gasteiger charge is -2.18. The van der Waals surface area contributed by atoms with Crippen molar-refractivity contribution in [3.05, 3.63) is 94.9 Å². The van der Waals surface area contributed by atoms with Gasteiger partial charge in [0.15, 0.2) is 6.61 Å². The van der Waals surface area contributed by atoms with Crippen LogP contribution in [0.3, 0.4) is 0 Å². The van der Waals surface area contributed by atoms with Gasteiger partial charge in [0.25, 0.3) is 5.91 Å². The highest BCUT2D eigenvalue weighted by atomic mass is 35.5. The summed E-state index contributed by atoms with van der Waals surface area (Å²) in [7, 11) is 0. The van der Waals surface area contributed by atoms with E-state index in [-0.39, 0.29) is 12.5 Å². The van der Waals surface area contributed by atoms with E-state index in [0.717, 1.165) is 22.8 Å². The second kappa shape index (κ2) is 7.96. The van der Waals surface area contributed by atoms with Crippen molar-refractivity contribution in [2.45, 2.75) is 20.0 Å². The SMILES string of the molecule is Cc1ccc(-n2nc3c(c2-n2cccc2)CN(C(=O)COc2ccc(Cl)cc2)C3)cc1. The van der Waals surface area contributed by atoms with Crippen LogP contribution in [0.15, 0.2) is 73.1 Å². The summed E-state index contributed by atoms with van der Waals surface area (Å²) in [5, 5.41) is 5.48. The van der Waals surface area contributed by atoms with Gasteiger partial charge < -0.3 is 14.2 Å². The van der Waals surface area contributed by atoms with E-state index in [1.165, 1.54) is 5.56 Å². The van der Waals surface area contributed by atoms with Crippen LogP contribution in [0.1, 0.15) is 16.8 Å². The predicted octanol–water partition coefficient (Wildman–Crippen LogP) is 4.55. The Morgan fingerprint density at radius 1 is 1.03 bits per heavy atom. The van der Waals surface area contributed by atoms with Gasteiger partial charge >= 0.3 is 0 Å². The van der Waals surface area contributed by atoms with Gasteiger partial charge in [-0.3, -0.25) is 4.79 Å². The summed E-state index contributed by atoms with van der Waals surface area (Å²) in [5.74, 6) is 1.50. The number of nitrogens with zero attached hydrogens (tertiary/aromatic N) is 4. The Labute approximate surface area is 185 Å². The lowest BCUT2D eigenvalue weighted by Crippen LogP contribution is -2.31. The van der Waals surface area contributed by atoms with Gasteiger partial charge in [-0.1, -0.05) is 29.3 Å². The molecule has 0 spiro atoms. The van der Waals surface area contributed by atoms with Crippen LogP contribution in [0.5, 0.6) is 5.75 Å². The van der Waals surface area contributed by atoms with Crippen LogP contribution in [0.25, 0.3) is 11.5 Å². The van der Waals surface area contributed by atoms with Crippen LogP contribution in [-0.2, 0) is 17.9 Å². The van der Waals surface area contributed by atoms with Crippen LogP contribution in [0.4, 0.5) is 0 Å². The molecule has 5 rings (SSSR count). The smallest absolute Gasteiger partial charge is 0.261 e. The number of benzene rings is 2. The minimum absolute atomic E-state index is 0.0251. The number of hydrogen-bond donors (Lipinski definition) is 0. The van der Waals surface area contributed by atoms with Gasteiger partial charge in [-0.15, -0.1) is 0 Å². The molecule has 0 fully saturated rings. The van der Waals surface area contributed by atoms with Gasteiger partial charge in [0.1, 0.15) is 11.6 Å². The summed E-state index contributed by atoms with van der Waals surface area (Å²) in [6, 6.07) is 19.2. The Hall–Kier alpha value is -3.51. The van der Waals surface area contributed by atoms with E-state index in [1.807, 2.05) is 33.8 Å². The van der Waals surface area contributed by atoms with Crippen LogP contribution in [0, 0.1) is 6.92 Å². The molecule has 0 aliphatic carbocycles. The first-order chi connectivity index (χ1) is 15.1. The third-order valence-electron chi connectivity index (χ3n) is 5.39. The van der Waals surface area contributed by atoms with Crippen molar-refractivity contribution in [2.24, 2.45) is 0 Å². The fourth-order valence-electron chi connectivity index (χ4n) is 3.75. The van der Waals surface area contributed by atoms with E-state index < -0.39 is 0 Å². The summed E-state index contributed by atoms with van der Waals surface area (Å²) in [4.78, 5) is 14.6. The van der Waals surface area contributed by atoms with Crippen LogP contribution < -0.4 is 4.74 Å². The Morgan fingerprint density at radius 3 is 2.45 bits per heavy atom. The number of aryl methyl sites for hydroxylation is 1. The number of carbonyl (C=O) groups excluding carboxylic acids is 1. The third kappa shape index (κ3) is 3.82. The molecule has 1 amide bonds. The number of halogens is 1. The number of aromatic nitrogens is 3. The van der Waals surface area contributed by atoms with Crippen molar-refractivity contribution in [2.75, 3.05) is 6.61 Å². The maximum atomic E-state index is 12.8. The molecule has 4 aromatic rings. The molecular weight excluding hydrogens is 412 g/mol. The van der Waals surface area contributed by atoms with Crippen LogP contribution >= 0.6 is 11.6 Å². The lowest BCUT2D eigenvalue weighted by atomic mass is 10.2. The van der Waals surface area contributed by atoms with Crippen LogP contribution in [0.2, 0.25) is 5.02 Å². The predicted molar refractivity (Wildman–Crippen MR) is 119 cm³/mol. The average molecular weight is 433 g/mol. The van der Waals surface area contributed by atoms with Crippen molar-refractivity contribution < 1.29 is 9.53 Å². The van der Waals surface area contributed by atoms with Crippen molar-refractivity contribution in [1.29, 1.82) is 0 Å². The molecule has 1 aliphatic heterocycles. The molecule has 0 N–H and O–H groups in total.